The number of benzene rings is 1. The molecule has 1 amide bonds. The van der Waals surface area contributed by atoms with E-state index in [1.54, 1.807) is 0 Å². The van der Waals surface area contributed by atoms with Crippen LogP contribution in [-0.2, 0) is 25.7 Å². The molecule has 5 heteroatoms. The Balaban J connectivity index is 2.18. The van der Waals surface area contributed by atoms with Crippen LogP contribution in [0.5, 0.6) is 0 Å². The van der Waals surface area contributed by atoms with Crippen molar-refractivity contribution in [3.8, 4) is 0 Å². The molecule has 1 aliphatic rings. The molecule has 1 atom stereocenters. The van der Waals surface area contributed by atoms with Crippen LogP contribution in [0.25, 0.3) is 0 Å². The minimum Gasteiger partial charge on any atom is -0.457 e. The highest BCUT2D eigenvalue weighted by Crippen LogP contribution is 2.40. The molecule has 114 valence electrons. The van der Waals surface area contributed by atoms with E-state index in [1.165, 1.54) is 4.90 Å². The lowest BCUT2D eigenvalue weighted by molar-refractivity contribution is -0.205. The number of hydrogen-bond acceptors (Lipinski definition) is 4. The molecule has 2 rings (SSSR count). The van der Waals surface area contributed by atoms with Gasteiger partial charge in [0.2, 0.25) is 12.1 Å². The molecule has 0 N–H and O–H groups in total. The van der Waals surface area contributed by atoms with Crippen molar-refractivity contribution in [3.05, 3.63) is 35.9 Å². The minimum absolute atomic E-state index is 0.160. The smallest absolute Gasteiger partial charge is 0.360 e. The SMILES string of the molecule is CC(C)(C)C1(C(=O)OCc2ccccc2)OCCN1C=O. The lowest BCUT2D eigenvalue weighted by atomic mass is 9.82. The minimum atomic E-state index is -1.36. The van der Waals surface area contributed by atoms with Crippen LogP contribution in [-0.4, -0.2) is 36.2 Å². The second-order valence-electron chi connectivity index (χ2n) is 6.10. The summed E-state index contributed by atoms with van der Waals surface area (Å²) in [7, 11) is 0. The van der Waals surface area contributed by atoms with Gasteiger partial charge in [-0.15, -0.1) is 0 Å². The summed E-state index contributed by atoms with van der Waals surface area (Å²) in [5.41, 5.74) is -1.05. The van der Waals surface area contributed by atoms with Crippen molar-refractivity contribution in [3.63, 3.8) is 0 Å². The van der Waals surface area contributed by atoms with Crippen molar-refractivity contribution >= 4 is 12.4 Å². The molecule has 1 unspecified atom stereocenters. The van der Waals surface area contributed by atoms with Crippen LogP contribution in [0, 0.1) is 5.41 Å². The van der Waals surface area contributed by atoms with E-state index in [-0.39, 0.29) is 6.61 Å². The summed E-state index contributed by atoms with van der Waals surface area (Å²) in [6.07, 6.45) is 0.655. The van der Waals surface area contributed by atoms with Gasteiger partial charge in [-0.2, -0.15) is 0 Å². The summed E-state index contributed by atoms with van der Waals surface area (Å²) in [5, 5.41) is 0. The second kappa shape index (κ2) is 5.85. The number of carbonyl (C=O) groups excluding carboxylic acids is 2. The first kappa shape index (κ1) is 15.5. The molecule has 0 aromatic heterocycles. The predicted octanol–water partition coefficient (Wildman–Crippen LogP) is 1.96. The molecule has 1 aliphatic heterocycles. The van der Waals surface area contributed by atoms with Crippen LogP contribution in [0.15, 0.2) is 30.3 Å². The van der Waals surface area contributed by atoms with E-state index in [0.717, 1.165) is 5.56 Å². The van der Waals surface area contributed by atoms with E-state index in [4.69, 9.17) is 9.47 Å². The van der Waals surface area contributed by atoms with Crippen LogP contribution in [0.2, 0.25) is 0 Å². The van der Waals surface area contributed by atoms with Gasteiger partial charge in [0, 0.05) is 12.0 Å². The molecule has 21 heavy (non-hydrogen) atoms. The molecule has 1 aromatic carbocycles. The Bertz CT molecular complexity index is 509. The van der Waals surface area contributed by atoms with E-state index >= 15 is 0 Å². The number of hydrogen-bond donors (Lipinski definition) is 0. The molecule has 1 fully saturated rings. The molecule has 1 aromatic rings. The summed E-state index contributed by atoms with van der Waals surface area (Å²) >= 11 is 0. The van der Waals surface area contributed by atoms with Gasteiger partial charge < -0.3 is 14.4 Å². The maximum absolute atomic E-state index is 12.6. The second-order valence-corrected chi connectivity index (χ2v) is 6.10. The molecule has 0 aliphatic carbocycles. The summed E-state index contributed by atoms with van der Waals surface area (Å²) in [6, 6.07) is 9.42. The van der Waals surface area contributed by atoms with Crippen molar-refractivity contribution in [1.29, 1.82) is 0 Å². The van der Waals surface area contributed by atoms with Gasteiger partial charge >= 0.3 is 5.97 Å². The third-order valence-corrected chi connectivity index (χ3v) is 3.68. The summed E-state index contributed by atoms with van der Waals surface area (Å²) in [6.45, 7) is 6.46. The average molecular weight is 291 g/mol. The van der Waals surface area contributed by atoms with Gasteiger partial charge in [-0.3, -0.25) is 4.79 Å². The maximum Gasteiger partial charge on any atom is 0.360 e. The Kier molecular flexibility index (Phi) is 4.32. The van der Waals surface area contributed by atoms with E-state index < -0.39 is 17.1 Å². The van der Waals surface area contributed by atoms with Crippen molar-refractivity contribution in [2.75, 3.05) is 13.2 Å². The largest absolute Gasteiger partial charge is 0.457 e. The third kappa shape index (κ3) is 2.78. The number of esters is 1. The number of ether oxygens (including phenoxy) is 2. The molecule has 0 spiro atoms. The van der Waals surface area contributed by atoms with Gasteiger partial charge in [-0.1, -0.05) is 51.1 Å². The normalized spacial score (nSPS) is 22.1. The average Bonchev–Trinajstić information content (AvgIpc) is 2.90. The molecule has 1 saturated heterocycles. The fraction of sp³-hybridized carbons (Fsp3) is 0.500. The van der Waals surface area contributed by atoms with Gasteiger partial charge in [-0.25, -0.2) is 4.79 Å². The van der Waals surface area contributed by atoms with E-state index in [2.05, 4.69) is 0 Å². The fourth-order valence-electron chi connectivity index (χ4n) is 2.61. The molecular formula is C16H21NO4. The topological polar surface area (TPSA) is 55.8 Å². The number of amides is 1. The third-order valence-electron chi connectivity index (χ3n) is 3.68. The van der Waals surface area contributed by atoms with Gasteiger partial charge in [0.1, 0.15) is 6.61 Å². The predicted molar refractivity (Wildman–Crippen MR) is 77.1 cm³/mol. The van der Waals surface area contributed by atoms with E-state index in [0.29, 0.717) is 19.6 Å². The van der Waals surface area contributed by atoms with Crippen LogP contribution in [0.1, 0.15) is 26.3 Å². The van der Waals surface area contributed by atoms with Crippen LogP contribution >= 0.6 is 0 Å². The Labute approximate surface area is 124 Å². The van der Waals surface area contributed by atoms with Crippen molar-refractivity contribution < 1.29 is 19.1 Å². The van der Waals surface area contributed by atoms with E-state index in [1.807, 2.05) is 51.1 Å². The lowest BCUT2D eigenvalue weighted by Crippen LogP contribution is -2.60. The van der Waals surface area contributed by atoms with Crippen molar-refractivity contribution in [2.24, 2.45) is 5.41 Å². The lowest BCUT2D eigenvalue weighted by Gasteiger charge is -2.42. The first-order chi connectivity index (χ1) is 9.91. The molecule has 0 radical (unpaired) electrons. The molecule has 1 heterocycles. The Morgan fingerprint density at radius 1 is 1.38 bits per heavy atom. The van der Waals surface area contributed by atoms with E-state index in [9.17, 15) is 9.59 Å². The van der Waals surface area contributed by atoms with Crippen molar-refractivity contribution in [2.45, 2.75) is 33.1 Å². The zero-order chi connectivity index (χ0) is 15.5. The van der Waals surface area contributed by atoms with Crippen molar-refractivity contribution in [1.82, 2.24) is 4.90 Å². The zero-order valence-electron chi connectivity index (χ0n) is 12.7. The first-order valence-corrected chi connectivity index (χ1v) is 6.99. The van der Waals surface area contributed by atoms with Gasteiger partial charge in [0.05, 0.1) is 6.61 Å². The number of carbonyl (C=O) groups is 2. The number of nitrogens with zero attached hydrogens (tertiary/aromatic N) is 1. The summed E-state index contributed by atoms with van der Waals surface area (Å²) < 4.78 is 11.1. The number of rotatable bonds is 4. The Morgan fingerprint density at radius 2 is 2.05 bits per heavy atom. The maximum atomic E-state index is 12.6. The zero-order valence-corrected chi connectivity index (χ0v) is 12.7. The Hall–Kier alpha value is -1.88. The quantitative estimate of drug-likeness (QED) is 0.628. The highest BCUT2D eigenvalue weighted by Gasteiger charge is 2.58. The summed E-state index contributed by atoms with van der Waals surface area (Å²) in [5.74, 6) is -0.525. The molecular weight excluding hydrogens is 270 g/mol. The summed E-state index contributed by atoms with van der Waals surface area (Å²) in [4.78, 5) is 25.3. The van der Waals surface area contributed by atoms with Gasteiger partial charge in [-0.05, 0) is 5.56 Å². The Morgan fingerprint density at radius 3 is 2.62 bits per heavy atom. The molecule has 5 nitrogen and oxygen atoms in total. The highest BCUT2D eigenvalue weighted by molar-refractivity contribution is 5.83. The highest BCUT2D eigenvalue weighted by atomic mass is 16.6. The van der Waals surface area contributed by atoms with Crippen LogP contribution in [0.3, 0.4) is 0 Å². The van der Waals surface area contributed by atoms with Crippen LogP contribution < -0.4 is 0 Å². The van der Waals surface area contributed by atoms with Crippen LogP contribution in [0.4, 0.5) is 0 Å². The van der Waals surface area contributed by atoms with Gasteiger partial charge in [0.15, 0.2) is 0 Å². The monoisotopic (exact) mass is 291 g/mol. The fourth-order valence-corrected chi connectivity index (χ4v) is 2.61. The first-order valence-electron chi connectivity index (χ1n) is 6.99. The standard InChI is InChI=1S/C16H21NO4/c1-15(2,3)16(17(12-18)9-10-21-16)14(19)20-11-13-7-5-4-6-8-13/h4-8,12H,9-11H2,1-3H3. The molecule has 0 saturated carbocycles. The van der Waals surface area contributed by atoms with Gasteiger partial charge in [0.25, 0.3) is 0 Å². The molecule has 0 bridgehead atoms.